The number of nitrogen functional groups attached to an aromatic ring is 2. The molecule has 0 spiro atoms. The number of phenolic OH excluding ortho intramolecular Hbond substituents is 1. The molecule has 2 atom stereocenters. The normalized spacial score (nSPS) is 18.3. The third-order valence-electron chi connectivity index (χ3n) is 8.63. The van der Waals surface area contributed by atoms with E-state index in [-0.39, 0.29) is 53.9 Å². The lowest BCUT2D eigenvalue weighted by molar-refractivity contribution is 0.0454. The molecule has 0 aromatic heterocycles. The summed E-state index contributed by atoms with van der Waals surface area (Å²) in [7, 11) is -9.52. The minimum absolute atomic E-state index is 0.0432. The molecule has 2 aliphatic rings. The van der Waals surface area contributed by atoms with Gasteiger partial charge >= 0.3 is 6.09 Å². The number of halogens is 1. The summed E-state index contributed by atoms with van der Waals surface area (Å²) in [6.07, 6.45) is -3.58. The molecule has 5 aromatic carbocycles. The zero-order valence-electron chi connectivity index (χ0n) is 26.9. The van der Waals surface area contributed by atoms with Crippen molar-refractivity contribution in [2.45, 2.75) is 22.2 Å². The molecular weight excluding hydrogens is 720 g/mol. The standard InChI is InChI=1S/C33H31FN8O8S2/c34-31-39-32(37-20-9-11-27(24(36)15-20)51(44,45)46)42(33(40-31)38-25-10-8-18-4-1-2-6-22(18)30(25)52(47,48)49)28-17-50-13-12-41(28)21-14-19-5-3-7-23(35)29(19)26(43)16-21/h1-11,14-16,28,33,38,43H,12-13,17,35-36H2,(H,37,39,40)(H,44,45,46)(H,47,48,49). The fourth-order valence-corrected chi connectivity index (χ4v) is 7.89. The number of nitrogens with one attached hydrogen (secondary N) is 2. The minimum atomic E-state index is -4.86. The second kappa shape index (κ2) is 13.1. The van der Waals surface area contributed by atoms with E-state index in [1.54, 1.807) is 48.5 Å². The largest absolute Gasteiger partial charge is 0.507 e. The molecule has 0 radical (unpaired) electrons. The monoisotopic (exact) mass is 750 g/mol. The maximum absolute atomic E-state index is 15.5. The molecule has 2 unspecified atom stereocenters. The maximum atomic E-state index is 15.5. The SMILES string of the molecule is Nc1cc(NC2=NC(F)=NC(Nc3ccc4ccccc4c3S(=O)(=O)O)N2C2COCCN2c2cc(O)c3c(N)cccc3c2)ccc1S(=O)(=O)O. The summed E-state index contributed by atoms with van der Waals surface area (Å²) in [4.78, 5) is 10.4. The first kappa shape index (κ1) is 34.7. The quantitative estimate of drug-likeness (QED) is 0.0706. The molecule has 16 nitrogen and oxygen atoms in total. The third-order valence-corrected chi connectivity index (χ3v) is 10.5. The first-order chi connectivity index (χ1) is 24.7. The molecule has 1 fully saturated rings. The molecule has 1 saturated heterocycles. The first-order valence-electron chi connectivity index (χ1n) is 15.5. The van der Waals surface area contributed by atoms with Crippen LogP contribution in [-0.2, 0) is 25.0 Å². The van der Waals surface area contributed by atoms with E-state index < -0.39 is 48.6 Å². The highest BCUT2D eigenvalue weighted by atomic mass is 32.2. The van der Waals surface area contributed by atoms with Gasteiger partial charge in [-0.15, -0.1) is 0 Å². The number of nitrogens with zero attached hydrogens (tertiary/aromatic N) is 4. The van der Waals surface area contributed by atoms with Crippen LogP contribution in [0, 0.1) is 0 Å². The average Bonchev–Trinajstić information content (AvgIpc) is 3.07. The van der Waals surface area contributed by atoms with Gasteiger partial charge < -0.3 is 36.8 Å². The van der Waals surface area contributed by atoms with E-state index in [1.807, 2.05) is 4.90 Å². The van der Waals surface area contributed by atoms with Crippen molar-refractivity contribution >= 4 is 82.3 Å². The Bertz CT molecular complexity index is 2540. The van der Waals surface area contributed by atoms with Crippen LogP contribution >= 0.6 is 0 Å². The highest BCUT2D eigenvalue weighted by Gasteiger charge is 2.39. The highest BCUT2D eigenvalue weighted by Crippen LogP contribution is 2.38. The van der Waals surface area contributed by atoms with Gasteiger partial charge in [-0.25, -0.2) is 0 Å². The lowest BCUT2D eigenvalue weighted by Gasteiger charge is -2.47. The minimum Gasteiger partial charge on any atom is -0.507 e. The van der Waals surface area contributed by atoms with Gasteiger partial charge in [-0.2, -0.15) is 31.2 Å². The van der Waals surface area contributed by atoms with E-state index in [0.29, 0.717) is 27.5 Å². The topological polar surface area (TPSA) is 245 Å². The van der Waals surface area contributed by atoms with Crippen molar-refractivity contribution in [1.29, 1.82) is 0 Å². The zero-order chi connectivity index (χ0) is 36.9. The number of amidine groups is 1. The highest BCUT2D eigenvalue weighted by molar-refractivity contribution is 7.86. The van der Waals surface area contributed by atoms with E-state index in [1.165, 1.54) is 35.2 Å². The van der Waals surface area contributed by atoms with Crippen molar-refractivity contribution in [2.75, 3.05) is 46.8 Å². The zero-order valence-corrected chi connectivity index (χ0v) is 28.5. The van der Waals surface area contributed by atoms with E-state index in [4.69, 9.17) is 16.2 Å². The summed E-state index contributed by atoms with van der Waals surface area (Å²) < 4.78 is 90.5. The molecule has 7 rings (SSSR count). The molecular formula is C33H31FN8O8S2. The van der Waals surface area contributed by atoms with Gasteiger partial charge in [0, 0.05) is 40.4 Å². The van der Waals surface area contributed by atoms with Crippen molar-refractivity contribution in [2.24, 2.45) is 9.98 Å². The van der Waals surface area contributed by atoms with Gasteiger partial charge in [-0.1, -0.05) is 42.5 Å². The molecule has 9 N–H and O–H groups in total. The number of guanidine groups is 1. The van der Waals surface area contributed by atoms with Crippen LogP contribution < -0.4 is 27.0 Å². The Kier molecular flexibility index (Phi) is 8.75. The Labute approximate surface area is 296 Å². The van der Waals surface area contributed by atoms with Crippen LogP contribution in [0.15, 0.2) is 105 Å². The molecule has 0 amide bonds. The van der Waals surface area contributed by atoms with Gasteiger partial charge in [-0.05, 0) is 47.2 Å². The number of aromatic hydroxyl groups is 1. The molecule has 2 heterocycles. The van der Waals surface area contributed by atoms with Gasteiger partial charge in [0.25, 0.3) is 20.2 Å². The van der Waals surface area contributed by atoms with Crippen LogP contribution in [-0.4, -0.2) is 80.2 Å². The fourth-order valence-electron chi connectivity index (χ4n) is 6.42. The predicted molar refractivity (Wildman–Crippen MR) is 195 cm³/mol. The Morgan fingerprint density at radius 2 is 1.65 bits per heavy atom. The Morgan fingerprint density at radius 1 is 0.885 bits per heavy atom. The molecule has 52 heavy (non-hydrogen) atoms. The van der Waals surface area contributed by atoms with Gasteiger partial charge in [0.1, 0.15) is 21.7 Å². The maximum Gasteiger partial charge on any atom is 0.310 e. The number of hydrogen-bond acceptors (Lipinski definition) is 14. The van der Waals surface area contributed by atoms with Crippen LogP contribution in [0.3, 0.4) is 0 Å². The Balaban J connectivity index is 1.36. The summed E-state index contributed by atoms with van der Waals surface area (Å²) >= 11 is 0. The number of rotatable bonds is 7. The van der Waals surface area contributed by atoms with Crippen LogP contribution in [0.5, 0.6) is 5.75 Å². The van der Waals surface area contributed by atoms with Crippen LogP contribution in [0.2, 0.25) is 0 Å². The van der Waals surface area contributed by atoms with E-state index >= 15 is 4.39 Å². The molecule has 5 aromatic rings. The van der Waals surface area contributed by atoms with Gasteiger partial charge in [0.05, 0.1) is 24.6 Å². The first-order valence-corrected chi connectivity index (χ1v) is 18.4. The number of nitrogens with two attached hydrogens (primary N) is 2. The van der Waals surface area contributed by atoms with Crippen molar-refractivity contribution in [3.8, 4) is 5.75 Å². The number of ether oxygens (including phenoxy) is 1. The van der Waals surface area contributed by atoms with E-state index in [9.17, 15) is 31.0 Å². The summed E-state index contributed by atoms with van der Waals surface area (Å²) in [5.41, 5.74) is 12.7. The molecule has 2 aliphatic heterocycles. The van der Waals surface area contributed by atoms with E-state index in [0.717, 1.165) is 6.07 Å². The summed E-state index contributed by atoms with van der Waals surface area (Å²) in [6.45, 7) is 0.461. The lowest BCUT2D eigenvalue weighted by atomic mass is 10.1. The number of benzene rings is 5. The number of hydrogen-bond donors (Lipinski definition) is 7. The molecule has 0 aliphatic carbocycles. The molecule has 0 bridgehead atoms. The van der Waals surface area contributed by atoms with Gasteiger partial charge in [0.2, 0.25) is 12.2 Å². The molecule has 0 saturated carbocycles. The van der Waals surface area contributed by atoms with Crippen LogP contribution in [0.4, 0.5) is 32.8 Å². The third kappa shape index (κ3) is 6.58. The van der Waals surface area contributed by atoms with Crippen molar-refractivity contribution in [1.82, 2.24) is 4.90 Å². The van der Waals surface area contributed by atoms with Gasteiger partial charge in [0.15, 0.2) is 0 Å². The summed E-state index contributed by atoms with van der Waals surface area (Å²) in [5.74, 6) is -0.295. The molecule has 19 heteroatoms. The lowest BCUT2D eigenvalue weighted by Crippen LogP contribution is -2.63. The van der Waals surface area contributed by atoms with Gasteiger partial charge in [-0.3, -0.25) is 14.0 Å². The van der Waals surface area contributed by atoms with E-state index in [2.05, 4.69) is 20.6 Å². The Hall–Kier alpha value is -5.73. The number of morpholine rings is 1. The number of phenols is 1. The van der Waals surface area contributed by atoms with Crippen LogP contribution in [0.1, 0.15) is 0 Å². The summed E-state index contributed by atoms with van der Waals surface area (Å²) in [5, 5.41) is 18.7. The van der Waals surface area contributed by atoms with Crippen LogP contribution in [0.25, 0.3) is 21.5 Å². The number of fused-ring (bicyclic) bond motifs is 2. The smallest absolute Gasteiger partial charge is 0.310 e. The van der Waals surface area contributed by atoms with Crippen molar-refractivity contribution in [3.05, 3.63) is 84.9 Å². The average molecular weight is 751 g/mol. The summed E-state index contributed by atoms with van der Waals surface area (Å²) in [6, 6.07) is 21.5. The molecule has 270 valence electrons. The predicted octanol–water partition coefficient (Wildman–Crippen LogP) is 4.02. The van der Waals surface area contributed by atoms with Crippen molar-refractivity contribution in [3.63, 3.8) is 0 Å². The number of anilines is 5. The number of aliphatic imine (C=N–C) groups is 2. The Morgan fingerprint density at radius 3 is 2.40 bits per heavy atom. The second-order valence-corrected chi connectivity index (χ2v) is 14.7. The van der Waals surface area contributed by atoms with Crippen molar-refractivity contribution < 1.29 is 40.2 Å². The second-order valence-electron chi connectivity index (χ2n) is 11.9. The fraction of sp³-hybridized carbons (Fsp3) is 0.152.